The lowest BCUT2D eigenvalue weighted by Gasteiger charge is -2.35. The van der Waals surface area contributed by atoms with Crippen LogP contribution in [0.4, 0.5) is 4.79 Å². The van der Waals surface area contributed by atoms with Gasteiger partial charge in [-0.1, -0.05) is 18.2 Å². The minimum Gasteiger partial charge on any atom is -0.467 e. The van der Waals surface area contributed by atoms with Gasteiger partial charge in [0.1, 0.15) is 17.7 Å². The van der Waals surface area contributed by atoms with Crippen LogP contribution in [0.2, 0.25) is 0 Å². The van der Waals surface area contributed by atoms with Crippen molar-refractivity contribution in [3.63, 3.8) is 0 Å². The number of carbonyl (C=O) groups excluding carboxylic acids is 3. The zero-order chi connectivity index (χ0) is 19.1. The second kappa shape index (κ2) is 6.63. The highest BCUT2D eigenvalue weighted by Gasteiger charge is 2.65. The van der Waals surface area contributed by atoms with Crippen LogP contribution in [0.5, 0.6) is 0 Å². The molecule has 1 saturated carbocycles. The van der Waals surface area contributed by atoms with Crippen molar-refractivity contribution in [2.75, 3.05) is 7.11 Å². The maximum Gasteiger partial charge on any atom is 0.411 e. The maximum absolute atomic E-state index is 12.6. The zero-order valence-corrected chi connectivity index (χ0v) is 15.3. The Morgan fingerprint density at radius 1 is 1.12 bits per heavy atom. The van der Waals surface area contributed by atoms with Gasteiger partial charge in [0, 0.05) is 5.92 Å². The van der Waals surface area contributed by atoms with Gasteiger partial charge in [-0.15, -0.1) is 0 Å². The second-order valence-corrected chi connectivity index (χ2v) is 7.56. The van der Waals surface area contributed by atoms with Gasteiger partial charge in [0.15, 0.2) is 0 Å². The van der Waals surface area contributed by atoms with Gasteiger partial charge < -0.3 is 14.2 Å². The van der Waals surface area contributed by atoms with Crippen molar-refractivity contribution in [2.24, 2.45) is 5.92 Å². The number of hydrogen-bond donors (Lipinski definition) is 0. The normalized spacial score (nSPS) is 26.7. The van der Waals surface area contributed by atoms with Gasteiger partial charge in [0.05, 0.1) is 18.7 Å². The van der Waals surface area contributed by atoms with E-state index >= 15 is 0 Å². The maximum atomic E-state index is 12.6. The predicted molar refractivity (Wildman–Crippen MR) is 91.4 cm³/mol. The van der Waals surface area contributed by atoms with E-state index in [1.807, 2.05) is 0 Å². The van der Waals surface area contributed by atoms with E-state index in [-0.39, 0.29) is 12.0 Å². The fourth-order valence-electron chi connectivity index (χ4n) is 3.53. The molecule has 26 heavy (non-hydrogen) atoms. The Morgan fingerprint density at radius 3 is 2.35 bits per heavy atom. The van der Waals surface area contributed by atoms with Crippen LogP contribution in [0.1, 0.15) is 37.6 Å². The molecule has 3 aliphatic rings. The van der Waals surface area contributed by atoms with E-state index in [0.29, 0.717) is 12.0 Å². The Hall–Kier alpha value is -2.57. The molecule has 2 heterocycles. The van der Waals surface area contributed by atoms with Gasteiger partial charge in [0.25, 0.3) is 0 Å². The average Bonchev–Trinajstić information content (AvgIpc) is 3.12. The first-order chi connectivity index (χ1) is 12.2. The first-order valence-electron chi connectivity index (χ1n) is 8.58. The van der Waals surface area contributed by atoms with Crippen LogP contribution in [0.15, 0.2) is 30.3 Å². The predicted octanol–water partition coefficient (Wildman–Crippen LogP) is 2.39. The molecule has 3 fully saturated rings. The molecule has 1 aromatic carbocycles. The molecular weight excluding hydrogens is 338 g/mol. The van der Waals surface area contributed by atoms with Crippen molar-refractivity contribution in [2.45, 2.75) is 51.0 Å². The minimum absolute atomic E-state index is 0.285. The first-order valence-corrected chi connectivity index (χ1v) is 8.58. The Morgan fingerprint density at radius 2 is 1.77 bits per heavy atom. The molecule has 2 saturated heterocycles. The van der Waals surface area contributed by atoms with Crippen molar-refractivity contribution < 1.29 is 28.6 Å². The standard InChI is InChI=1S/C19H23NO6/c1-19(2,3)26-18(23)20-13-10-12(14(20)17(22)24-4)15(13)25-16(21)11-8-6-5-7-9-11/h5-9,12-15H,10H2,1-4H3/t12-,13-,14+,15-/m0/s1. The summed E-state index contributed by atoms with van der Waals surface area (Å²) >= 11 is 0. The summed E-state index contributed by atoms with van der Waals surface area (Å²) in [5.41, 5.74) is -0.266. The number of ether oxygens (including phenoxy) is 3. The van der Waals surface area contributed by atoms with E-state index in [1.165, 1.54) is 12.0 Å². The number of rotatable bonds is 3. The van der Waals surface area contributed by atoms with Gasteiger partial charge in [-0.2, -0.15) is 0 Å². The Bertz CT molecular complexity index is 710. The average molecular weight is 361 g/mol. The zero-order valence-electron chi connectivity index (χ0n) is 15.3. The minimum atomic E-state index is -0.798. The molecule has 0 N–H and O–H groups in total. The third-order valence-electron chi connectivity index (χ3n) is 4.68. The van der Waals surface area contributed by atoms with Gasteiger partial charge >= 0.3 is 18.0 Å². The molecule has 7 heteroatoms. The van der Waals surface area contributed by atoms with E-state index in [9.17, 15) is 14.4 Å². The molecular formula is C19H23NO6. The Labute approximate surface area is 152 Å². The summed E-state index contributed by atoms with van der Waals surface area (Å²) in [6.07, 6.45) is -0.566. The molecule has 7 nitrogen and oxygen atoms in total. The number of benzene rings is 1. The lowest BCUT2D eigenvalue weighted by Crippen LogP contribution is -2.48. The third-order valence-corrected chi connectivity index (χ3v) is 4.68. The van der Waals surface area contributed by atoms with Crippen LogP contribution in [-0.4, -0.2) is 53.8 Å². The van der Waals surface area contributed by atoms with Gasteiger partial charge in [0.2, 0.25) is 0 Å². The van der Waals surface area contributed by atoms with E-state index < -0.39 is 35.8 Å². The summed E-state index contributed by atoms with van der Waals surface area (Å²) < 4.78 is 15.9. The van der Waals surface area contributed by atoms with Crippen LogP contribution >= 0.6 is 0 Å². The van der Waals surface area contributed by atoms with E-state index in [1.54, 1.807) is 51.1 Å². The fourth-order valence-corrected chi connectivity index (χ4v) is 3.53. The smallest absolute Gasteiger partial charge is 0.411 e. The van der Waals surface area contributed by atoms with Gasteiger partial charge in [-0.25, -0.2) is 14.4 Å². The lowest BCUT2D eigenvalue weighted by atomic mass is 9.79. The number of fused-ring (bicyclic) bond motifs is 1. The number of esters is 2. The Kier molecular flexibility index (Phi) is 4.64. The summed E-state index contributed by atoms with van der Waals surface area (Å²) in [7, 11) is 1.27. The number of methoxy groups -OCH3 is 1. The van der Waals surface area contributed by atoms with Crippen molar-refractivity contribution in [3.05, 3.63) is 35.9 Å². The largest absolute Gasteiger partial charge is 0.467 e. The van der Waals surface area contributed by atoms with Crippen LogP contribution < -0.4 is 0 Å². The van der Waals surface area contributed by atoms with Crippen molar-refractivity contribution in [1.29, 1.82) is 0 Å². The topological polar surface area (TPSA) is 82.1 Å². The number of hydrogen-bond acceptors (Lipinski definition) is 6. The van der Waals surface area contributed by atoms with Crippen molar-refractivity contribution in [3.8, 4) is 0 Å². The number of nitrogens with zero attached hydrogens (tertiary/aromatic N) is 1. The molecule has 1 aliphatic carbocycles. The number of amides is 1. The van der Waals surface area contributed by atoms with Crippen molar-refractivity contribution in [1.82, 2.24) is 4.90 Å². The monoisotopic (exact) mass is 361 g/mol. The van der Waals surface area contributed by atoms with Gasteiger partial charge in [-0.05, 0) is 39.3 Å². The molecule has 0 unspecified atom stereocenters. The van der Waals surface area contributed by atoms with Crippen LogP contribution in [0.25, 0.3) is 0 Å². The van der Waals surface area contributed by atoms with Crippen molar-refractivity contribution >= 4 is 18.0 Å². The highest BCUT2D eigenvalue weighted by atomic mass is 16.6. The van der Waals surface area contributed by atoms with Crippen LogP contribution in [-0.2, 0) is 19.0 Å². The molecule has 0 aromatic heterocycles. The molecule has 0 spiro atoms. The second-order valence-electron chi connectivity index (χ2n) is 7.56. The fraction of sp³-hybridized carbons (Fsp3) is 0.526. The van der Waals surface area contributed by atoms with Crippen LogP contribution in [0, 0.1) is 5.92 Å². The van der Waals surface area contributed by atoms with E-state index in [2.05, 4.69) is 0 Å². The third kappa shape index (κ3) is 3.25. The van der Waals surface area contributed by atoms with E-state index in [0.717, 1.165) is 0 Å². The SMILES string of the molecule is COC(=O)[C@H]1[C@@H]2C[C@@H]([C@H]2OC(=O)c2ccccc2)N1C(=O)OC(C)(C)C. The first kappa shape index (κ1) is 18.2. The molecule has 140 valence electrons. The molecule has 2 aliphatic heterocycles. The summed E-state index contributed by atoms with van der Waals surface area (Å²) in [5, 5.41) is 0. The summed E-state index contributed by atoms with van der Waals surface area (Å²) in [6.45, 7) is 5.27. The highest BCUT2D eigenvalue weighted by Crippen LogP contribution is 2.49. The summed E-state index contributed by atoms with van der Waals surface area (Å²) in [4.78, 5) is 38.5. The quantitative estimate of drug-likeness (QED) is 0.607. The Balaban J connectivity index is 1.78. The van der Waals surface area contributed by atoms with Crippen LogP contribution in [0.3, 0.4) is 0 Å². The molecule has 1 amide bonds. The summed E-state index contributed by atoms with van der Waals surface area (Å²) in [6, 6.07) is 7.44. The van der Waals surface area contributed by atoms with Gasteiger partial charge in [-0.3, -0.25) is 4.90 Å². The molecule has 4 rings (SSSR count). The van der Waals surface area contributed by atoms with E-state index in [4.69, 9.17) is 14.2 Å². The number of carbonyl (C=O) groups is 3. The molecule has 2 bridgehead atoms. The molecule has 1 aromatic rings. The highest BCUT2D eigenvalue weighted by molar-refractivity contribution is 5.90. The molecule has 0 radical (unpaired) electrons. The lowest BCUT2D eigenvalue weighted by molar-refractivity contribution is -0.146. The summed E-state index contributed by atoms with van der Waals surface area (Å²) in [5.74, 6) is -1.28. The molecule has 4 atom stereocenters.